The lowest BCUT2D eigenvalue weighted by molar-refractivity contribution is 0.100. The van der Waals surface area contributed by atoms with E-state index in [1.165, 1.54) is 9.75 Å². The van der Waals surface area contributed by atoms with E-state index in [1.54, 1.807) is 60.0 Å². The van der Waals surface area contributed by atoms with Crippen LogP contribution in [0.1, 0.15) is 78.4 Å². The molecular formula is C20H26O2S4. The van der Waals surface area contributed by atoms with Gasteiger partial charge in [0.15, 0.2) is 11.6 Å². The van der Waals surface area contributed by atoms with Crippen molar-refractivity contribution in [2.45, 2.75) is 61.8 Å². The zero-order valence-electron chi connectivity index (χ0n) is 16.2. The van der Waals surface area contributed by atoms with Crippen molar-refractivity contribution in [1.82, 2.24) is 0 Å². The Bertz CT molecular complexity index is 739. The van der Waals surface area contributed by atoms with E-state index in [0.717, 1.165) is 37.5 Å². The number of Topliss-reactive ketones (excluding diaryl/α,β-unsaturated/α-hetero) is 2. The van der Waals surface area contributed by atoms with Crippen LogP contribution in [-0.4, -0.2) is 23.1 Å². The van der Waals surface area contributed by atoms with Gasteiger partial charge in [-0.25, -0.2) is 0 Å². The highest BCUT2D eigenvalue weighted by atomic mass is 32.2. The molecule has 6 heteroatoms. The molecule has 0 N–H and O–H groups in total. The van der Waals surface area contributed by atoms with Gasteiger partial charge in [0.25, 0.3) is 0 Å². The van der Waals surface area contributed by atoms with Gasteiger partial charge in [-0.2, -0.15) is 0 Å². The van der Waals surface area contributed by atoms with Gasteiger partial charge in [0.2, 0.25) is 0 Å². The van der Waals surface area contributed by atoms with Gasteiger partial charge >= 0.3 is 0 Å². The number of rotatable bonds is 9. The minimum atomic E-state index is -0.178. The number of hydrogen-bond acceptors (Lipinski definition) is 6. The maximum absolute atomic E-state index is 12.1. The zero-order chi connectivity index (χ0) is 19.5. The Morgan fingerprint density at radius 2 is 1.27 bits per heavy atom. The Labute approximate surface area is 173 Å². The number of carbonyl (C=O) groups is 2. The minimum Gasteiger partial charge on any atom is -0.294 e. The molecule has 26 heavy (non-hydrogen) atoms. The third-order valence-corrected chi connectivity index (χ3v) is 9.64. The van der Waals surface area contributed by atoms with Crippen LogP contribution in [-0.2, 0) is 5.41 Å². The second-order valence-electron chi connectivity index (χ2n) is 6.29. The first-order chi connectivity index (χ1) is 12.3. The van der Waals surface area contributed by atoms with Gasteiger partial charge in [0.05, 0.1) is 8.42 Å². The first kappa shape index (κ1) is 21.7. The molecule has 2 rings (SSSR count). The number of thiophene rings is 2. The van der Waals surface area contributed by atoms with Crippen LogP contribution in [0.15, 0.2) is 20.6 Å². The van der Waals surface area contributed by atoms with Gasteiger partial charge in [-0.15, -0.1) is 46.2 Å². The maximum Gasteiger partial charge on any atom is 0.161 e. The van der Waals surface area contributed by atoms with Crippen molar-refractivity contribution in [1.29, 1.82) is 0 Å². The quantitative estimate of drug-likeness (QED) is 0.315. The molecule has 0 amide bonds. The summed E-state index contributed by atoms with van der Waals surface area (Å²) in [6, 6.07) is 4.16. The van der Waals surface area contributed by atoms with Crippen molar-refractivity contribution in [2.75, 3.05) is 11.5 Å². The summed E-state index contributed by atoms with van der Waals surface area (Å²) in [5.41, 5.74) is 1.49. The predicted molar refractivity (Wildman–Crippen MR) is 118 cm³/mol. The van der Waals surface area contributed by atoms with E-state index >= 15 is 0 Å². The molecule has 0 radical (unpaired) electrons. The summed E-state index contributed by atoms with van der Waals surface area (Å²) in [5.74, 6) is 2.15. The van der Waals surface area contributed by atoms with Crippen LogP contribution >= 0.6 is 46.2 Å². The van der Waals surface area contributed by atoms with Crippen molar-refractivity contribution < 1.29 is 9.59 Å². The van der Waals surface area contributed by atoms with Crippen LogP contribution in [0, 0.1) is 0 Å². The van der Waals surface area contributed by atoms with Crippen LogP contribution in [0.25, 0.3) is 0 Å². The highest BCUT2D eigenvalue weighted by Crippen LogP contribution is 2.47. The molecule has 0 aliphatic carbocycles. The molecule has 0 fully saturated rings. The molecule has 2 heterocycles. The number of ketones is 2. The van der Waals surface area contributed by atoms with Crippen molar-refractivity contribution in [3.8, 4) is 0 Å². The fourth-order valence-electron chi connectivity index (χ4n) is 2.73. The molecule has 142 valence electrons. The molecule has 0 saturated heterocycles. The summed E-state index contributed by atoms with van der Waals surface area (Å²) in [6.45, 7) is 11.9. The first-order valence-corrected chi connectivity index (χ1v) is 12.4. The number of thioether (sulfide) groups is 2. The monoisotopic (exact) mass is 426 g/mol. The summed E-state index contributed by atoms with van der Waals surface area (Å²) in [6.07, 6.45) is 0.926. The van der Waals surface area contributed by atoms with Gasteiger partial charge in [0.1, 0.15) is 0 Å². The van der Waals surface area contributed by atoms with Gasteiger partial charge in [-0.05, 0) is 50.8 Å². The van der Waals surface area contributed by atoms with Crippen LogP contribution in [0.3, 0.4) is 0 Å². The average molecular weight is 427 g/mol. The highest BCUT2D eigenvalue weighted by molar-refractivity contribution is 8.01. The van der Waals surface area contributed by atoms with Crippen molar-refractivity contribution in [2.24, 2.45) is 0 Å². The average Bonchev–Trinajstić information content (AvgIpc) is 3.20. The molecule has 2 aromatic rings. The minimum absolute atomic E-state index is 0.125. The summed E-state index contributed by atoms with van der Waals surface area (Å²) < 4.78 is 2.22. The zero-order valence-corrected chi connectivity index (χ0v) is 19.5. The maximum atomic E-state index is 12.1. The second-order valence-corrected chi connectivity index (χ2v) is 11.5. The molecule has 0 bridgehead atoms. The van der Waals surface area contributed by atoms with E-state index in [1.807, 2.05) is 0 Å². The van der Waals surface area contributed by atoms with E-state index in [-0.39, 0.29) is 17.0 Å². The third-order valence-electron chi connectivity index (χ3n) is 4.50. The highest BCUT2D eigenvalue weighted by Gasteiger charge is 2.33. The first-order valence-electron chi connectivity index (χ1n) is 8.84. The lowest BCUT2D eigenvalue weighted by atomic mass is 9.83. The molecule has 0 saturated carbocycles. The molecule has 0 aliphatic rings. The Balaban J connectivity index is 2.58. The smallest absolute Gasteiger partial charge is 0.161 e. The molecule has 2 nitrogen and oxygen atoms in total. The standard InChI is InChI=1S/C20H26O2S4/c1-7-20(6,16-10-14(12(4)21)18(25-16)23-8-2)17-11-15(13(5)22)19(26-17)24-9-3/h10-11H,7-9H2,1-6H3. The van der Waals surface area contributed by atoms with Gasteiger partial charge in [-0.3, -0.25) is 9.59 Å². The van der Waals surface area contributed by atoms with Gasteiger partial charge in [0, 0.05) is 26.3 Å². The lowest BCUT2D eigenvalue weighted by Crippen LogP contribution is -2.19. The van der Waals surface area contributed by atoms with Gasteiger partial charge in [-0.1, -0.05) is 20.8 Å². The van der Waals surface area contributed by atoms with Crippen molar-refractivity contribution in [3.63, 3.8) is 0 Å². The fourth-order valence-corrected chi connectivity index (χ4v) is 8.09. The second kappa shape index (κ2) is 9.09. The number of carbonyl (C=O) groups excluding carboxylic acids is 2. The van der Waals surface area contributed by atoms with Crippen molar-refractivity contribution in [3.05, 3.63) is 33.0 Å². The fraction of sp³-hybridized carbons (Fsp3) is 0.500. The SMILES string of the molecule is CCSc1sc(C(C)(CC)c2cc(C(C)=O)c(SCC)s2)cc1C(C)=O. The largest absolute Gasteiger partial charge is 0.294 e. The Hall–Kier alpha value is -0.560. The van der Waals surface area contributed by atoms with E-state index < -0.39 is 0 Å². The summed E-state index contributed by atoms with van der Waals surface area (Å²) in [7, 11) is 0. The molecule has 0 unspecified atom stereocenters. The number of hydrogen-bond donors (Lipinski definition) is 0. The van der Waals surface area contributed by atoms with Crippen LogP contribution in [0.2, 0.25) is 0 Å². The summed E-state index contributed by atoms with van der Waals surface area (Å²) in [4.78, 5) is 26.6. The van der Waals surface area contributed by atoms with Crippen LogP contribution in [0.4, 0.5) is 0 Å². The molecular weight excluding hydrogens is 400 g/mol. The Morgan fingerprint density at radius 3 is 1.54 bits per heavy atom. The molecule has 0 aliphatic heterocycles. The lowest BCUT2D eigenvalue weighted by Gasteiger charge is -2.25. The van der Waals surface area contributed by atoms with Crippen LogP contribution < -0.4 is 0 Å². The molecule has 0 spiro atoms. The van der Waals surface area contributed by atoms with E-state index in [0.29, 0.717) is 0 Å². The normalized spacial score (nSPS) is 11.8. The molecule has 0 atom stereocenters. The third kappa shape index (κ3) is 4.29. The Morgan fingerprint density at radius 1 is 0.885 bits per heavy atom. The van der Waals surface area contributed by atoms with Gasteiger partial charge < -0.3 is 0 Å². The van der Waals surface area contributed by atoms with E-state index in [2.05, 4.69) is 39.8 Å². The van der Waals surface area contributed by atoms with Crippen molar-refractivity contribution >= 4 is 57.8 Å². The van der Waals surface area contributed by atoms with Crippen LogP contribution in [0.5, 0.6) is 0 Å². The summed E-state index contributed by atoms with van der Waals surface area (Å²) >= 11 is 6.94. The summed E-state index contributed by atoms with van der Waals surface area (Å²) in [5, 5.41) is 0. The Kier molecular flexibility index (Phi) is 7.60. The predicted octanol–water partition coefficient (Wildman–Crippen LogP) is 7.15. The van der Waals surface area contributed by atoms with E-state index in [4.69, 9.17) is 0 Å². The van der Waals surface area contributed by atoms with E-state index in [9.17, 15) is 9.59 Å². The molecule has 2 aromatic heterocycles. The molecule has 0 aromatic carbocycles. The topological polar surface area (TPSA) is 34.1 Å².